The lowest BCUT2D eigenvalue weighted by Crippen LogP contribution is -2.26. The van der Waals surface area contributed by atoms with Crippen LogP contribution in [0, 0.1) is 5.82 Å². The van der Waals surface area contributed by atoms with Crippen LogP contribution in [0.2, 0.25) is 5.15 Å². The zero-order valence-electron chi connectivity index (χ0n) is 11.1. The molecule has 7 heteroatoms. The largest absolute Gasteiger partial charge is 0.352 e. The van der Waals surface area contributed by atoms with Gasteiger partial charge in [0.25, 0.3) is 5.91 Å². The Bertz CT molecular complexity index is 651. The van der Waals surface area contributed by atoms with Gasteiger partial charge in [0.1, 0.15) is 16.8 Å². The molecule has 0 fully saturated rings. The van der Waals surface area contributed by atoms with Crippen molar-refractivity contribution in [1.82, 2.24) is 10.3 Å². The van der Waals surface area contributed by atoms with Crippen LogP contribution in [0.25, 0.3) is 0 Å². The predicted octanol–water partition coefficient (Wildman–Crippen LogP) is 2.13. The molecule has 1 amide bonds. The molecule has 110 valence electrons. The third-order valence-electron chi connectivity index (χ3n) is 2.84. The smallest absolute Gasteiger partial charge is 0.251 e. The molecule has 0 saturated carbocycles. The van der Waals surface area contributed by atoms with Crippen LogP contribution in [0.5, 0.6) is 0 Å². The maximum atomic E-state index is 13.4. The molecule has 0 radical (unpaired) electrons. The van der Waals surface area contributed by atoms with Crippen LogP contribution in [0.1, 0.15) is 15.9 Å². The SMILES string of the molecule is NNc1cc(C(=O)NCCc2ccccc2F)cc(Cl)n1. The van der Waals surface area contributed by atoms with E-state index in [9.17, 15) is 9.18 Å². The first-order valence-corrected chi connectivity index (χ1v) is 6.64. The monoisotopic (exact) mass is 308 g/mol. The Morgan fingerprint density at radius 2 is 2.10 bits per heavy atom. The molecule has 1 aromatic carbocycles. The fraction of sp³-hybridized carbons (Fsp3) is 0.143. The topological polar surface area (TPSA) is 80.0 Å². The number of nitrogens with zero attached hydrogens (tertiary/aromatic N) is 1. The molecular weight excluding hydrogens is 295 g/mol. The predicted molar refractivity (Wildman–Crippen MR) is 79.5 cm³/mol. The molecule has 1 heterocycles. The summed E-state index contributed by atoms with van der Waals surface area (Å²) in [5.74, 6) is 4.92. The molecule has 2 rings (SSSR count). The van der Waals surface area contributed by atoms with Gasteiger partial charge in [0.15, 0.2) is 0 Å². The number of pyridine rings is 1. The number of aromatic nitrogens is 1. The lowest BCUT2D eigenvalue weighted by atomic mass is 10.1. The van der Waals surface area contributed by atoms with Crippen LogP contribution in [0.4, 0.5) is 10.2 Å². The number of nitrogen functional groups attached to an aromatic ring is 1. The number of benzene rings is 1. The highest BCUT2D eigenvalue weighted by Gasteiger charge is 2.09. The van der Waals surface area contributed by atoms with E-state index < -0.39 is 0 Å². The maximum Gasteiger partial charge on any atom is 0.251 e. The van der Waals surface area contributed by atoms with E-state index in [1.165, 1.54) is 18.2 Å². The van der Waals surface area contributed by atoms with Gasteiger partial charge in [0, 0.05) is 12.1 Å². The molecule has 2 aromatic rings. The van der Waals surface area contributed by atoms with Crippen molar-refractivity contribution in [3.63, 3.8) is 0 Å². The lowest BCUT2D eigenvalue weighted by Gasteiger charge is -2.08. The van der Waals surface area contributed by atoms with Crippen molar-refractivity contribution in [2.45, 2.75) is 6.42 Å². The lowest BCUT2D eigenvalue weighted by molar-refractivity contribution is 0.0954. The molecule has 0 spiro atoms. The van der Waals surface area contributed by atoms with Crippen LogP contribution in [0.3, 0.4) is 0 Å². The maximum absolute atomic E-state index is 13.4. The van der Waals surface area contributed by atoms with Gasteiger partial charge in [-0.15, -0.1) is 0 Å². The second-order valence-electron chi connectivity index (χ2n) is 4.31. The second-order valence-corrected chi connectivity index (χ2v) is 4.69. The van der Waals surface area contributed by atoms with Crippen LogP contribution in [0.15, 0.2) is 36.4 Å². The third kappa shape index (κ3) is 4.14. The number of hydrogen-bond acceptors (Lipinski definition) is 4. The summed E-state index contributed by atoms with van der Waals surface area (Å²) < 4.78 is 13.4. The highest BCUT2D eigenvalue weighted by Crippen LogP contribution is 2.13. The Balaban J connectivity index is 1.96. The average Bonchev–Trinajstić information content (AvgIpc) is 2.48. The van der Waals surface area contributed by atoms with E-state index in [1.54, 1.807) is 18.2 Å². The number of amides is 1. The van der Waals surface area contributed by atoms with Crippen molar-refractivity contribution in [3.05, 3.63) is 58.5 Å². The standard InChI is InChI=1S/C14H14ClFN4O/c15-12-7-10(8-13(19-12)20-17)14(21)18-6-5-9-3-1-2-4-11(9)16/h1-4,7-8H,5-6,17H2,(H,18,21)(H,19,20). The molecular formula is C14H14ClFN4O. The first kappa shape index (κ1) is 15.2. The van der Waals surface area contributed by atoms with Crippen LogP contribution < -0.4 is 16.6 Å². The highest BCUT2D eigenvalue weighted by molar-refractivity contribution is 6.29. The molecule has 5 nitrogen and oxygen atoms in total. The number of carbonyl (C=O) groups excluding carboxylic acids is 1. The van der Waals surface area contributed by atoms with E-state index in [2.05, 4.69) is 15.7 Å². The third-order valence-corrected chi connectivity index (χ3v) is 3.04. The number of nitrogens with one attached hydrogen (secondary N) is 2. The van der Waals surface area contributed by atoms with E-state index >= 15 is 0 Å². The molecule has 0 saturated heterocycles. The Hall–Kier alpha value is -2.18. The number of hydrazine groups is 1. The Labute approximate surface area is 126 Å². The van der Waals surface area contributed by atoms with Gasteiger partial charge < -0.3 is 10.7 Å². The minimum atomic E-state index is -0.327. The van der Waals surface area contributed by atoms with E-state index in [4.69, 9.17) is 17.4 Å². The van der Waals surface area contributed by atoms with Gasteiger partial charge in [-0.05, 0) is 30.2 Å². The van der Waals surface area contributed by atoms with Gasteiger partial charge in [0.2, 0.25) is 0 Å². The van der Waals surface area contributed by atoms with Gasteiger partial charge in [-0.25, -0.2) is 15.2 Å². The van der Waals surface area contributed by atoms with E-state index in [0.717, 1.165) is 0 Å². The van der Waals surface area contributed by atoms with Gasteiger partial charge >= 0.3 is 0 Å². The van der Waals surface area contributed by atoms with E-state index in [1.807, 2.05) is 0 Å². The molecule has 0 bridgehead atoms. The fourth-order valence-corrected chi connectivity index (χ4v) is 2.02. The van der Waals surface area contributed by atoms with Crippen molar-refractivity contribution >= 4 is 23.3 Å². The number of nitrogens with two attached hydrogens (primary N) is 1. The van der Waals surface area contributed by atoms with Gasteiger partial charge in [-0.3, -0.25) is 4.79 Å². The molecule has 0 unspecified atom stereocenters. The zero-order valence-corrected chi connectivity index (χ0v) is 11.8. The highest BCUT2D eigenvalue weighted by atomic mass is 35.5. The quantitative estimate of drug-likeness (QED) is 0.449. The molecule has 0 aliphatic rings. The molecule has 0 atom stereocenters. The minimum Gasteiger partial charge on any atom is -0.352 e. The summed E-state index contributed by atoms with van der Waals surface area (Å²) in [5.41, 5.74) is 3.21. The number of rotatable bonds is 5. The normalized spacial score (nSPS) is 10.2. The summed E-state index contributed by atoms with van der Waals surface area (Å²) >= 11 is 5.79. The number of halogens is 2. The fourth-order valence-electron chi connectivity index (χ4n) is 1.82. The van der Waals surface area contributed by atoms with Gasteiger partial charge in [0.05, 0.1) is 0 Å². The summed E-state index contributed by atoms with van der Waals surface area (Å²) in [4.78, 5) is 15.9. The van der Waals surface area contributed by atoms with Gasteiger partial charge in [-0.1, -0.05) is 29.8 Å². The number of anilines is 1. The molecule has 0 aliphatic heterocycles. The van der Waals surface area contributed by atoms with E-state index in [0.29, 0.717) is 29.9 Å². The van der Waals surface area contributed by atoms with Crippen LogP contribution in [-0.4, -0.2) is 17.4 Å². The Kier molecular flexibility index (Phi) is 5.08. The molecule has 21 heavy (non-hydrogen) atoms. The second kappa shape index (κ2) is 7.01. The first-order valence-electron chi connectivity index (χ1n) is 6.26. The number of hydrogen-bond donors (Lipinski definition) is 3. The van der Waals surface area contributed by atoms with Crippen molar-refractivity contribution in [2.75, 3.05) is 12.0 Å². The van der Waals surface area contributed by atoms with Crippen LogP contribution >= 0.6 is 11.6 Å². The summed E-state index contributed by atoms with van der Waals surface area (Å²) in [5, 5.41) is 2.85. The zero-order chi connectivity index (χ0) is 15.2. The van der Waals surface area contributed by atoms with Crippen molar-refractivity contribution in [3.8, 4) is 0 Å². The Morgan fingerprint density at radius 3 is 2.81 bits per heavy atom. The Morgan fingerprint density at radius 1 is 1.33 bits per heavy atom. The molecule has 4 N–H and O–H groups in total. The first-order chi connectivity index (χ1) is 10.1. The minimum absolute atomic E-state index is 0.157. The number of carbonyl (C=O) groups is 1. The van der Waals surface area contributed by atoms with E-state index in [-0.39, 0.29) is 16.9 Å². The van der Waals surface area contributed by atoms with Crippen molar-refractivity contribution in [1.29, 1.82) is 0 Å². The van der Waals surface area contributed by atoms with Gasteiger partial charge in [-0.2, -0.15) is 0 Å². The average molecular weight is 309 g/mol. The van der Waals surface area contributed by atoms with Crippen LogP contribution in [-0.2, 0) is 6.42 Å². The summed E-state index contributed by atoms with van der Waals surface area (Å²) in [7, 11) is 0. The molecule has 0 aliphatic carbocycles. The van der Waals surface area contributed by atoms with Crippen molar-refractivity contribution < 1.29 is 9.18 Å². The van der Waals surface area contributed by atoms with Crippen molar-refractivity contribution in [2.24, 2.45) is 5.84 Å². The molecule has 1 aromatic heterocycles. The summed E-state index contributed by atoms with van der Waals surface area (Å²) in [6, 6.07) is 9.35. The summed E-state index contributed by atoms with van der Waals surface area (Å²) in [6.07, 6.45) is 0.402. The summed E-state index contributed by atoms with van der Waals surface area (Å²) in [6.45, 7) is 0.311.